The summed E-state index contributed by atoms with van der Waals surface area (Å²) < 4.78 is 1.56. The molecule has 2 fully saturated rings. The number of rotatable bonds is 3. The average Bonchev–Trinajstić information content (AvgIpc) is 3.04. The Morgan fingerprint density at radius 3 is 2.78 bits per heavy atom. The molecule has 5 rings (SSSR count). The van der Waals surface area contributed by atoms with Crippen LogP contribution in [0.1, 0.15) is 25.0 Å². The standard InChI is InChI=1S/C16H18N8O3/c25-10-3-4-23(7-10)14-20-12-8(5-11-13(26)21-16(27)19-11)6-17-24(12)15(22-14)18-9-1-2-9/h5-6,9-10,25-26H,1-4,7H2,(H2,19,21,27). The zero-order valence-corrected chi connectivity index (χ0v) is 14.3. The van der Waals surface area contributed by atoms with Crippen molar-refractivity contribution in [1.29, 1.82) is 0 Å². The number of hydrogen-bond acceptors (Lipinski definition) is 8. The van der Waals surface area contributed by atoms with E-state index in [9.17, 15) is 15.0 Å². The maximum atomic E-state index is 11.4. The van der Waals surface area contributed by atoms with E-state index in [1.807, 2.05) is 4.90 Å². The van der Waals surface area contributed by atoms with Crippen LogP contribution in [-0.4, -0.2) is 65.0 Å². The Morgan fingerprint density at radius 2 is 2.11 bits per heavy atom. The fourth-order valence-corrected chi connectivity index (χ4v) is 3.13. The molecule has 0 aromatic carbocycles. The maximum Gasteiger partial charge on any atom is 0.326 e. The Labute approximate surface area is 151 Å². The summed E-state index contributed by atoms with van der Waals surface area (Å²) in [6.07, 6.45) is 5.51. The molecule has 11 nitrogen and oxygen atoms in total. The predicted octanol–water partition coefficient (Wildman–Crippen LogP) is -1.97. The van der Waals surface area contributed by atoms with E-state index in [0.29, 0.717) is 41.9 Å². The Hall–Kier alpha value is -3.21. The van der Waals surface area contributed by atoms with Crippen molar-refractivity contribution < 1.29 is 10.2 Å². The number of aliphatic hydroxyl groups is 1. The first-order valence-electron chi connectivity index (χ1n) is 8.82. The highest BCUT2D eigenvalue weighted by Crippen LogP contribution is 2.22. The number of nitrogens with zero attached hydrogens (tertiary/aromatic N) is 6. The second kappa shape index (κ2) is 5.91. The zero-order chi connectivity index (χ0) is 18.5. The summed E-state index contributed by atoms with van der Waals surface area (Å²) in [5, 5.41) is 24.6. The van der Waals surface area contributed by atoms with Gasteiger partial charge >= 0.3 is 5.69 Å². The van der Waals surface area contributed by atoms with Gasteiger partial charge in [-0.1, -0.05) is 0 Å². The van der Waals surface area contributed by atoms with E-state index in [-0.39, 0.29) is 17.6 Å². The minimum atomic E-state index is -0.499. The van der Waals surface area contributed by atoms with E-state index in [0.717, 1.165) is 12.8 Å². The number of aromatic hydroxyl groups is 1. The molecule has 27 heavy (non-hydrogen) atoms. The van der Waals surface area contributed by atoms with Gasteiger partial charge in [0.2, 0.25) is 11.8 Å². The monoisotopic (exact) mass is 370 g/mol. The van der Waals surface area contributed by atoms with Gasteiger partial charge in [-0.15, -0.1) is 0 Å². The number of imidazole rings is 1. The van der Waals surface area contributed by atoms with Gasteiger partial charge in [0, 0.05) is 18.3 Å². The maximum absolute atomic E-state index is 11.4. The molecule has 0 spiro atoms. The van der Waals surface area contributed by atoms with Crippen molar-refractivity contribution in [2.75, 3.05) is 18.0 Å². The molecule has 1 saturated carbocycles. The van der Waals surface area contributed by atoms with Crippen LogP contribution in [0, 0.1) is 0 Å². The molecule has 0 bridgehead atoms. The second-order valence-electron chi connectivity index (χ2n) is 6.89. The molecule has 4 heterocycles. The molecule has 0 radical (unpaired) electrons. The van der Waals surface area contributed by atoms with Crippen molar-refractivity contribution in [2.45, 2.75) is 31.4 Å². The van der Waals surface area contributed by atoms with Gasteiger partial charge in [-0.25, -0.2) is 9.79 Å². The summed E-state index contributed by atoms with van der Waals surface area (Å²) in [5.74, 6) is 0.236. The lowest BCUT2D eigenvalue weighted by atomic mass is 10.3. The number of fused-ring (bicyclic) bond motifs is 1. The van der Waals surface area contributed by atoms with Gasteiger partial charge < -0.3 is 20.1 Å². The number of anilines is 1. The molecule has 4 N–H and O–H groups in total. The van der Waals surface area contributed by atoms with Crippen LogP contribution in [0.4, 0.5) is 5.95 Å². The van der Waals surface area contributed by atoms with Crippen molar-refractivity contribution in [3.05, 3.63) is 33.2 Å². The van der Waals surface area contributed by atoms with Gasteiger partial charge in [0.25, 0.3) is 5.62 Å². The number of nitrogens with one attached hydrogen (secondary N) is 2. The van der Waals surface area contributed by atoms with Crippen molar-refractivity contribution in [1.82, 2.24) is 29.5 Å². The van der Waals surface area contributed by atoms with Crippen LogP contribution in [0.25, 0.3) is 11.7 Å². The van der Waals surface area contributed by atoms with Gasteiger partial charge in [0.1, 0.15) is 5.69 Å². The van der Waals surface area contributed by atoms with Crippen LogP contribution < -0.4 is 21.4 Å². The number of H-pyrrole nitrogens is 2. The lowest BCUT2D eigenvalue weighted by Crippen LogP contribution is -2.30. The number of aromatic nitrogens is 6. The number of aromatic amines is 2. The Morgan fingerprint density at radius 1 is 1.26 bits per heavy atom. The van der Waals surface area contributed by atoms with Crippen LogP contribution >= 0.6 is 0 Å². The molecule has 1 atom stereocenters. The molecule has 3 aromatic rings. The highest BCUT2D eigenvalue weighted by molar-refractivity contribution is 5.57. The summed E-state index contributed by atoms with van der Waals surface area (Å²) >= 11 is 0. The van der Waals surface area contributed by atoms with Crippen LogP contribution in [0.3, 0.4) is 0 Å². The van der Waals surface area contributed by atoms with E-state index in [1.54, 1.807) is 16.8 Å². The molecule has 0 amide bonds. The zero-order valence-electron chi connectivity index (χ0n) is 14.3. The molecule has 1 aliphatic heterocycles. The van der Waals surface area contributed by atoms with Crippen LogP contribution in [0.5, 0.6) is 5.88 Å². The van der Waals surface area contributed by atoms with Crippen molar-refractivity contribution >= 4 is 17.7 Å². The largest absolute Gasteiger partial charge is 0.493 e. The topological polar surface area (TPSA) is 148 Å². The third-order valence-corrected chi connectivity index (χ3v) is 4.69. The fraction of sp³-hybridized carbons (Fsp3) is 0.438. The fourth-order valence-electron chi connectivity index (χ4n) is 3.13. The molecule has 2 aliphatic rings. The Balaban J connectivity index is 1.71. The molecule has 140 valence electrons. The SMILES string of the molecule is O=c1[nH]c(O)c(C=c2cnn3c(=NC4CC4)nc(N4CCC(O)C4)nc23)[nH]1. The summed E-state index contributed by atoms with van der Waals surface area (Å²) in [6, 6.07) is 0.252. The third kappa shape index (κ3) is 2.95. The summed E-state index contributed by atoms with van der Waals surface area (Å²) in [7, 11) is 0. The van der Waals surface area contributed by atoms with E-state index >= 15 is 0 Å². The van der Waals surface area contributed by atoms with Gasteiger partial charge in [-0.05, 0) is 25.3 Å². The van der Waals surface area contributed by atoms with Crippen LogP contribution in [0.2, 0.25) is 0 Å². The molecular weight excluding hydrogens is 352 g/mol. The van der Waals surface area contributed by atoms with Crippen molar-refractivity contribution in [3.63, 3.8) is 0 Å². The first kappa shape index (κ1) is 16.0. The first-order chi connectivity index (χ1) is 13.1. The lowest BCUT2D eigenvalue weighted by molar-refractivity contribution is 0.198. The minimum absolute atomic E-state index is 0.243. The quantitative estimate of drug-likeness (QED) is 0.418. The van der Waals surface area contributed by atoms with E-state index in [2.05, 4.69) is 30.0 Å². The van der Waals surface area contributed by atoms with Gasteiger partial charge in [0.05, 0.1) is 18.3 Å². The van der Waals surface area contributed by atoms with E-state index in [4.69, 9.17) is 0 Å². The average molecular weight is 370 g/mol. The Kier molecular flexibility index (Phi) is 3.50. The molecule has 1 unspecified atom stereocenters. The predicted molar refractivity (Wildman–Crippen MR) is 94.1 cm³/mol. The van der Waals surface area contributed by atoms with Crippen LogP contribution in [-0.2, 0) is 0 Å². The number of β-amino-alcohol motifs (C(OH)–C–C–N with tert-alkyl or cyclic N) is 1. The number of aliphatic hydroxyl groups excluding tert-OH is 1. The summed E-state index contributed by atoms with van der Waals surface area (Å²) in [6.45, 7) is 1.14. The molecule has 11 heteroatoms. The summed E-state index contributed by atoms with van der Waals surface area (Å²) in [4.78, 5) is 31.8. The minimum Gasteiger partial charge on any atom is -0.493 e. The first-order valence-corrected chi connectivity index (χ1v) is 8.82. The van der Waals surface area contributed by atoms with Gasteiger partial charge in [-0.3, -0.25) is 4.98 Å². The van der Waals surface area contributed by atoms with E-state index in [1.165, 1.54) is 0 Å². The van der Waals surface area contributed by atoms with Gasteiger partial charge in [0.15, 0.2) is 5.65 Å². The highest BCUT2D eigenvalue weighted by atomic mass is 16.3. The van der Waals surface area contributed by atoms with E-state index < -0.39 is 11.8 Å². The second-order valence-corrected chi connectivity index (χ2v) is 6.89. The highest BCUT2D eigenvalue weighted by Gasteiger charge is 2.25. The van der Waals surface area contributed by atoms with Crippen molar-refractivity contribution in [2.24, 2.45) is 4.99 Å². The smallest absolute Gasteiger partial charge is 0.326 e. The molecule has 3 aromatic heterocycles. The molecule has 1 aliphatic carbocycles. The normalized spacial score (nSPS) is 21.7. The summed E-state index contributed by atoms with van der Waals surface area (Å²) in [5.41, 5.74) is 0.723. The van der Waals surface area contributed by atoms with Crippen LogP contribution in [0.15, 0.2) is 16.0 Å². The Bertz CT molecular complexity index is 1190. The molecular formula is C16H18N8O3. The van der Waals surface area contributed by atoms with Gasteiger partial charge in [-0.2, -0.15) is 19.6 Å². The third-order valence-electron chi connectivity index (χ3n) is 4.69. The molecule has 1 saturated heterocycles. The van der Waals surface area contributed by atoms with Crippen molar-refractivity contribution in [3.8, 4) is 5.88 Å². The lowest BCUT2D eigenvalue weighted by Gasteiger charge is -2.14. The number of hydrogen-bond donors (Lipinski definition) is 4.